The van der Waals surface area contributed by atoms with Crippen molar-refractivity contribution in [2.45, 2.75) is 62.3 Å². The summed E-state index contributed by atoms with van der Waals surface area (Å²) in [6.07, 6.45) is 1.91. The topological polar surface area (TPSA) is 87.9 Å². The van der Waals surface area contributed by atoms with Gasteiger partial charge in [-0.1, -0.05) is 214 Å². The number of aryl methyl sites for hydroxylation is 4. The number of rotatable bonds is 4. The maximum absolute atomic E-state index is 6.56. The summed E-state index contributed by atoms with van der Waals surface area (Å²) < 4.78 is 0. The number of anilines is 3. The van der Waals surface area contributed by atoms with Crippen LogP contribution in [0.4, 0.5) is 17.1 Å². The molecule has 0 saturated carbocycles. The highest BCUT2D eigenvalue weighted by atomic mass is 14.9. The average molecular weight is 761 g/mol. The summed E-state index contributed by atoms with van der Waals surface area (Å²) in [5.74, 6) is 0. The lowest BCUT2D eigenvalue weighted by Gasteiger charge is -2.18. The number of nitrogens with two attached hydrogens (primary N) is 2. The quantitative estimate of drug-likeness (QED) is 0.106. The number of hydrogen-bond acceptors (Lipinski definition) is 4. The van der Waals surface area contributed by atoms with Crippen molar-refractivity contribution < 1.29 is 0 Å². The molecule has 0 spiro atoms. The molecule has 0 aliphatic carbocycles. The highest BCUT2D eigenvalue weighted by Gasteiger charge is 2.14. The molecule has 7 aromatic rings. The maximum atomic E-state index is 6.56. The van der Waals surface area contributed by atoms with Crippen LogP contribution in [0.15, 0.2) is 170 Å². The van der Waals surface area contributed by atoms with Gasteiger partial charge in [0.25, 0.3) is 0 Å². The smallest absolute Gasteiger partial charge is 0.0660 e. The van der Waals surface area contributed by atoms with E-state index in [-0.39, 0.29) is 0 Å². The van der Waals surface area contributed by atoms with E-state index in [0.29, 0.717) is 0 Å². The van der Waals surface area contributed by atoms with E-state index in [4.69, 9.17) is 11.1 Å². The molecular weight excluding hydrogens is 693 g/mol. The molecule has 0 heterocycles. The summed E-state index contributed by atoms with van der Waals surface area (Å²) in [5, 5.41) is 11.2. The maximum Gasteiger partial charge on any atom is 0.0660 e. The molecule has 0 fully saturated rings. The fourth-order valence-electron chi connectivity index (χ4n) is 5.40. The van der Waals surface area contributed by atoms with Crippen LogP contribution < -0.4 is 16.8 Å². The molecule has 0 unspecified atom stereocenters. The fourth-order valence-corrected chi connectivity index (χ4v) is 5.40. The molecule has 7 rings (SSSR count). The third-order valence-electron chi connectivity index (χ3n) is 8.06. The Balaban J connectivity index is 0.000000875. The molecular formula is C53H68N4. The molecule has 57 heavy (non-hydrogen) atoms. The van der Waals surface area contributed by atoms with Gasteiger partial charge < -0.3 is 22.2 Å². The zero-order valence-corrected chi connectivity index (χ0v) is 36.2. The summed E-state index contributed by atoms with van der Waals surface area (Å²) in [5.41, 5.74) is 23.6. The van der Waals surface area contributed by atoms with Crippen LogP contribution in [0.3, 0.4) is 0 Å². The van der Waals surface area contributed by atoms with Gasteiger partial charge in [-0.15, -0.1) is 0 Å². The molecule has 0 radical (unpaired) electrons. The van der Waals surface area contributed by atoms with E-state index in [9.17, 15) is 0 Å². The predicted molar refractivity (Wildman–Crippen MR) is 259 cm³/mol. The lowest BCUT2D eigenvalue weighted by atomic mass is 9.95. The minimum atomic E-state index is 0.764. The largest absolute Gasteiger partial charge is 0.397 e. The molecule has 0 aliphatic heterocycles. The number of hydrogen-bond donors (Lipinski definition) is 4. The number of nitrogen functional groups attached to an aromatic ring is 1. The van der Waals surface area contributed by atoms with Crippen LogP contribution in [0.5, 0.6) is 0 Å². The van der Waals surface area contributed by atoms with E-state index in [1.54, 1.807) is 0 Å². The zero-order chi connectivity index (χ0) is 43.0. The van der Waals surface area contributed by atoms with Gasteiger partial charge in [0.1, 0.15) is 0 Å². The highest BCUT2D eigenvalue weighted by Crippen LogP contribution is 2.38. The van der Waals surface area contributed by atoms with Gasteiger partial charge >= 0.3 is 0 Å². The van der Waals surface area contributed by atoms with E-state index in [1.807, 2.05) is 101 Å². The van der Waals surface area contributed by atoms with E-state index < -0.39 is 0 Å². The lowest BCUT2D eigenvalue weighted by Crippen LogP contribution is -2.02. The summed E-state index contributed by atoms with van der Waals surface area (Å²) in [4.78, 5) is 0. The Morgan fingerprint density at radius 1 is 0.474 bits per heavy atom. The third kappa shape index (κ3) is 18.3. The van der Waals surface area contributed by atoms with Gasteiger partial charge in [-0.3, -0.25) is 0 Å². The Bertz CT molecular complexity index is 1980. The van der Waals surface area contributed by atoms with Crippen molar-refractivity contribution in [1.82, 2.24) is 0 Å². The number of nitrogens with one attached hydrogen (secondary N) is 2. The summed E-state index contributed by atoms with van der Waals surface area (Å²) in [7, 11) is 1.50. The molecule has 6 N–H and O–H groups in total. The van der Waals surface area contributed by atoms with Gasteiger partial charge in [-0.05, 0) is 88.2 Å². The summed E-state index contributed by atoms with van der Waals surface area (Å²) in [6.45, 7) is 25.0. The molecule has 4 heteroatoms. The molecule has 0 amide bonds. The average Bonchev–Trinajstić information content (AvgIpc) is 3.27. The second kappa shape index (κ2) is 31.0. The number of fused-ring (bicyclic) bond motifs is 1. The first kappa shape index (κ1) is 50.8. The molecule has 0 saturated heterocycles. The minimum absolute atomic E-state index is 0.764. The van der Waals surface area contributed by atoms with Gasteiger partial charge in [0, 0.05) is 11.1 Å². The molecule has 0 bridgehead atoms. The third-order valence-corrected chi connectivity index (χ3v) is 8.06. The SMILES string of the molecule is C=Cc1c(C)c(Nc2cccc(-c3cccc(C)c3)c2)c(N)c2ccccc12.C=N.CC.CC.CN.Cc1ccccc1.Cc1ccccc1.Cc1ccccc1. The Hall–Kier alpha value is -6.23. The van der Waals surface area contributed by atoms with Crippen LogP contribution in [0.1, 0.15) is 61.1 Å². The first-order valence-corrected chi connectivity index (χ1v) is 19.6. The predicted octanol–water partition coefficient (Wildman–Crippen LogP) is 15.0. The molecule has 0 atom stereocenters. The van der Waals surface area contributed by atoms with Crippen LogP contribution in [0.25, 0.3) is 28.0 Å². The van der Waals surface area contributed by atoms with Gasteiger partial charge in [-0.25, -0.2) is 0 Å². The summed E-state index contributed by atoms with van der Waals surface area (Å²) in [6, 6.07) is 56.0. The van der Waals surface area contributed by atoms with Crippen molar-refractivity contribution in [3.63, 3.8) is 0 Å². The molecule has 300 valence electrons. The fraction of sp³-hybridized carbons (Fsp3) is 0.189. The van der Waals surface area contributed by atoms with Crippen molar-refractivity contribution in [2.24, 2.45) is 5.73 Å². The Morgan fingerprint density at radius 3 is 1.23 bits per heavy atom. The van der Waals surface area contributed by atoms with Crippen LogP contribution in [0.2, 0.25) is 0 Å². The normalized spacial score (nSPS) is 8.89. The van der Waals surface area contributed by atoms with E-state index in [0.717, 1.165) is 39.0 Å². The Morgan fingerprint density at radius 2 is 0.842 bits per heavy atom. The van der Waals surface area contributed by atoms with Crippen molar-refractivity contribution in [1.29, 1.82) is 5.41 Å². The van der Waals surface area contributed by atoms with Gasteiger partial charge in [-0.2, -0.15) is 0 Å². The lowest BCUT2D eigenvalue weighted by molar-refractivity contribution is 1.43. The Labute approximate surface area is 345 Å². The molecule has 4 nitrogen and oxygen atoms in total. The molecule has 7 aromatic carbocycles. The van der Waals surface area contributed by atoms with Crippen molar-refractivity contribution in [3.8, 4) is 11.1 Å². The van der Waals surface area contributed by atoms with Crippen molar-refractivity contribution >= 4 is 40.6 Å². The summed E-state index contributed by atoms with van der Waals surface area (Å²) >= 11 is 0. The van der Waals surface area contributed by atoms with Crippen molar-refractivity contribution in [2.75, 3.05) is 18.1 Å². The Kier molecular flexibility index (Phi) is 27.6. The van der Waals surface area contributed by atoms with Crippen LogP contribution in [-0.2, 0) is 0 Å². The molecule has 0 aromatic heterocycles. The van der Waals surface area contributed by atoms with Gasteiger partial charge in [0.05, 0.1) is 11.4 Å². The van der Waals surface area contributed by atoms with Crippen LogP contribution in [-0.4, -0.2) is 13.8 Å². The standard InChI is InChI=1S/C26H24N2.3C7H8.2C2H6.CH5N.CH3N/c1-4-22-18(3)26(25(27)24-14-6-5-13-23(22)24)28-21-12-8-11-20(16-21)19-10-7-9-17(2)15-19;3*1-7-5-3-2-4-6-7;4*1-2/h4-16,28H,1,27H2,2-3H3;3*2-6H,1H3;2*1-2H3;2H2,1H3;2H,1H2. The highest BCUT2D eigenvalue weighted by molar-refractivity contribution is 6.06. The second-order valence-electron chi connectivity index (χ2n) is 12.1. The first-order valence-electron chi connectivity index (χ1n) is 19.6. The van der Waals surface area contributed by atoms with Gasteiger partial charge in [0.2, 0.25) is 0 Å². The van der Waals surface area contributed by atoms with Gasteiger partial charge in [0.15, 0.2) is 0 Å². The van der Waals surface area contributed by atoms with Crippen LogP contribution >= 0.6 is 0 Å². The zero-order valence-electron chi connectivity index (χ0n) is 36.2. The van der Waals surface area contributed by atoms with Crippen LogP contribution in [0, 0.1) is 40.0 Å². The van der Waals surface area contributed by atoms with Crippen molar-refractivity contribution in [3.05, 3.63) is 204 Å². The van der Waals surface area contributed by atoms with E-state index >= 15 is 0 Å². The monoisotopic (exact) mass is 761 g/mol. The van der Waals surface area contributed by atoms with E-state index in [1.165, 1.54) is 40.4 Å². The van der Waals surface area contributed by atoms with E-state index in [2.05, 4.69) is 156 Å². The second-order valence-corrected chi connectivity index (χ2v) is 12.1. The number of benzene rings is 7. The molecule has 0 aliphatic rings. The first-order chi connectivity index (χ1) is 27.8. The minimum Gasteiger partial charge on any atom is -0.397 e.